The van der Waals surface area contributed by atoms with Crippen molar-refractivity contribution >= 4 is 27.8 Å². The number of methoxy groups -OCH3 is 2. The lowest BCUT2D eigenvalue weighted by molar-refractivity contribution is -0.119. The van der Waals surface area contributed by atoms with Gasteiger partial charge in [-0.2, -0.15) is 5.10 Å². The summed E-state index contributed by atoms with van der Waals surface area (Å²) in [5.74, 6) is -0.0328. The number of hydrazone groups is 1. The Balaban J connectivity index is 1.93. The molecule has 0 aromatic heterocycles. The number of para-hydroxylation sites is 1. The molecular weight excluding hydrogens is 446 g/mol. The van der Waals surface area contributed by atoms with Gasteiger partial charge in [-0.3, -0.25) is 9.10 Å². The van der Waals surface area contributed by atoms with Crippen LogP contribution in [-0.4, -0.2) is 46.4 Å². The second kappa shape index (κ2) is 10.5. The lowest BCUT2D eigenvalue weighted by Gasteiger charge is -2.25. The number of nitrogens with one attached hydrogen (secondary N) is 1. The predicted molar refractivity (Wildman–Crippen MR) is 124 cm³/mol. The molecule has 0 aliphatic rings. The molecule has 2 N–H and O–H groups in total. The number of rotatable bonds is 9. The Morgan fingerprint density at radius 3 is 2.39 bits per heavy atom. The zero-order valence-corrected chi connectivity index (χ0v) is 18.8. The summed E-state index contributed by atoms with van der Waals surface area (Å²) in [5.41, 5.74) is 2.84. The number of carbonyl (C=O) groups excluding carboxylic acids is 1. The van der Waals surface area contributed by atoms with E-state index < -0.39 is 22.5 Å². The highest BCUT2D eigenvalue weighted by atomic mass is 32.2. The molecule has 0 unspecified atom stereocenters. The molecule has 3 aromatic carbocycles. The number of sulfonamides is 1. The van der Waals surface area contributed by atoms with Crippen molar-refractivity contribution in [1.82, 2.24) is 5.43 Å². The number of anilines is 1. The zero-order valence-electron chi connectivity index (χ0n) is 18.0. The number of ether oxygens (including phenoxy) is 2. The van der Waals surface area contributed by atoms with E-state index in [1.54, 1.807) is 42.5 Å². The second-order valence-corrected chi connectivity index (χ2v) is 8.58. The predicted octanol–water partition coefficient (Wildman–Crippen LogP) is 2.76. The summed E-state index contributed by atoms with van der Waals surface area (Å²) in [4.78, 5) is 12.7. The van der Waals surface area contributed by atoms with E-state index in [1.807, 2.05) is 0 Å². The molecule has 0 saturated carbocycles. The highest BCUT2D eigenvalue weighted by Gasteiger charge is 2.29. The third-order valence-electron chi connectivity index (χ3n) is 4.60. The first-order valence-corrected chi connectivity index (χ1v) is 11.2. The van der Waals surface area contributed by atoms with Gasteiger partial charge in [0.15, 0.2) is 0 Å². The standard InChI is InChI=1S/C23H23N3O6S/c1-31-18-12-13-20(22(14-18)32-2)26(33(29,30)19-9-4-3-5-10-19)16-23(28)25-24-15-17-8-6-7-11-21(17)27/h3-15,27H,16H2,1-2H3,(H,25,28)/b24-15-. The first kappa shape index (κ1) is 23.6. The average molecular weight is 470 g/mol. The van der Waals surface area contributed by atoms with Gasteiger partial charge < -0.3 is 14.6 Å². The van der Waals surface area contributed by atoms with Gasteiger partial charge in [0, 0.05) is 11.6 Å². The van der Waals surface area contributed by atoms with Crippen molar-refractivity contribution in [3.05, 3.63) is 78.4 Å². The van der Waals surface area contributed by atoms with E-state index in [-0.39, 0.29) is 22.1 Å². The highest BCUT2D eigenvalue weighted by molar-refractivity contribution is 7.92. The summed E-state index contributed by atoms with van der Waals surface area (Å²) in [7, 11) is -1.26. The Labute approximate surface area is 191 Å². The van der Waals surface area contributed by atoms with Crippen molar-refractivity contribution in [2.24, 2.45) is 5.10 Å². The minimum Gasteiger partial charge on any atom is -0.507 e. The van der Waals surface area contributed by atoms with E-state index in [0.717, 1.165) is 4.31 Å². The molecule has 0 radical (unpaired) electrons. The molecule has 1 amide bonds. The van der Waals surface area contributed by atoms with Crippen LogP contribution in [0.15, 0.2) is 82.8 Å². The SMILES string of the molecule is COc1ccc(N(CC(=O)N/N=C\c2ccccc2O)S(=O)(=O)c2ccccc2)c(OC)c1. The van der Waals surface area contributed by atoms with Crippen molar-refractivity contribution in [2.45, 2.75) is 4.90 Å². The Morgan fingerprint density at radius 2 is 1.73 bits per heavy atom. The molecule has 0 saturated heterocycles. The Bertz CT molecular complexity index is 1250. The zero-order chi connectivity index (χ0) is 23.8. The van der Waals surface area contributed by atoms with E-state index in [1.165, 1.54) is 50.8 Å². The fourth-order valence-corrected chi connectivity index (χ4v) is 4.40. The molecule has 0 heterocycles. The third kappa shape index (κ3) is 5.60. The number of amides is 1. The van der Waals surface area contributed by atoms with Crippen molar-refractivity contribution in [3.63, 3.8) is 0 Å². The molecule has 0 aliphatic heterocycles. The maximum atomic E-state index is 13.4. The van der Waals surface area contributed by atoms with Gasteiger partial charge >= 0.3 is 0 Å². The smallest absolute Gasteiger partial charge is 0.264 e. The maximum Gasteiger partial charge on any atom is 0.264 e. The number of hydrogen-bond acceptors (Lipinski definition) is 7. The van der Waals surface area contributed by atoms with Gasteiger partial charge in [0.2, 0.25) is 0 Å². The molecular formula is C23H23N3O6S. The molecule has 0 aliphatic carbocycles. The highest BCUT2D eigenvalue weighted by Crippen LogP contribution is 2.35. The minimum absolute atomic E-state index is 0.00764. The van der Waals surface area contributed by atoms with E-state index >= 15 is 0 Å². The van der Waals surface area contributed by atoms with E-state index in [9.17, 15) is 18.3 Å². The lowest BCUT2D eigenvalue weighted by atomic mass is 10.2. The lowest BCUT2D eigenvalue weighted by Crippen LogP contribution is -2.39. The van der Waals surface area contributed by atoms with Crippen LogP contribution in [-0.2, 0) is 14.8 Å². The number of nitrogens with zero attached hydrogens (tertiary/aromatic N) is 2. The largest absolute Gasteiger partial charge is 0.507 e. The monoisotopic (exact) mass is 469 g/mol. The van der Waals surface area contributed by atoms with Gasteiger partial charge in [0.25, 0.3) is 15.9 Å². The van der Waals surface area contributed by atoms with Crippen LogP contribution in [0.1, 0.15) is 5.56 Å². The van der Waals surface area contributed by atoms with Crippen LogP contribution in [0.2, 0.25) is 0 Å². The first-order valence-electron chi connectivity index (χ1n) is 9.76. The minimum atomic E-state index is -4.13. The van der Waals surface area contributed by atoms with Crippen molar-refractivity contribution in [1.29, 1.82) is 0 Å². The average Bonchev–Trinajstić information content (AvgIpc) is 2.84. The van der Waals surface area contributed by atoms with Gasteiger partial charge in [0.05, 0.1) is 31.0 Å². The molecule has 0 fully saturated rings. The van der Waals surface area contributed by atoms with Gasteiger partial charge in [0.1, 0.15) is 23.8 Å². The number of benzene rings is 3. The maximum absolute atomic E-state index is 13.4. The number of aromatic hydroxyl groups is 1. The summed E-state index contributed by atoms with van der Waals surface area (Å²) in [6.45, 7) is -0.571. The van der Waals surface area contributed by atoms with Crippen molar-refractivity contribution in [3.8, 4) is 17.2 Å². The normalized spacial score (nSPS) is 11.2. The molecule has 10 heteroatoms. The van der Waals surface area contributed by atoms with E-state index in [0.29, 0.717) is 11.3 Å². The van der Waals surface area contributed by atoms with Crippen LogP contribution in [0.3, 0.4) is 0 Å². The number of carbonyl (C=O) groups is 1. The first-order chi connectivity index (χ1) is 15.9. The number of phenols is 1. The number of phenolic OH excluding ortho intramolecular Hbond substituents is 1. The molecule has 3 rings (SSSR count). The van der Waals surface area contributed by atoms with Crippen LogP contribution >= 0.6 is 0 Å². The molecule has 3 aromatic rings. The fraction of sp³-hybridized carbons (Fsp3) is 0.130. The Hall–Kier alpha value is -4.05. The number of hydrogen-bond donors (Lipinski definition) is 2. The second-order valence-electron chi connectivity index (χ2n) is 6.71. The molecule has 33 heavy (non-hydrogen) atoms. The van der Waals surface area contributed by atoms with Crippen LogP contribution in [0.4, 0.5) is 5.69 Å². The topological polar surface area (TPSA) is 118 Å². The van der Waals surface area contributed by atoms with Crippen LogP contribution in [0.25, 0.3) is 0 Å². The van der Waals surface area contributed by atoms with Gasteiger partial charge in [-0.1, -0.05) is 30.3 Å². The summed E-state index contributed by atoms with van der Waals surface area (Å²) in [6.07, 6.45) is 1.26. The molecule has 9 nitrogen and oxygen atoms in total. The van der Waals surface area contributed by atoms with Crippen LogP contribution in [0, 0.1) is 0 Å². The summed E-state index contributed by atoms with van der Waals surface area (Å²) in [5, 5.41) is 13.6. The summed E-state index contributed by atoms with van der Waals surface area (Å²) in [6, 6.07) is 18.8. The molecule has 0 spiro atoms. The van der Waals surface area contributed by atoms with Gasteiger partial charge in [-0.25, -0.2) is 13.8 Å². The molecule has 0 bridgehead atoms. The van der Waals surface area contributed by atoms with Crippen LogP contribution in [0.5, 0.6) is 17.2 Å². The molecule has 172 valence electrons. The van der Waals surface area contributed by atoms with Gasteiger partial charge in [-0.05, 0) is 36.4 Å². The Kier molecular flexibility index (Phi) is 7.52. The molecule has 0 atom stereocenters. The Morgan fingerprint density at radius 1 is 1.03 bits per heavy atom. The quantitative estimate of drug-likeness (QED) is 0.368. The fourth-order valence-electron chi connectivity index (χ4n) is 2.95. The van der Waals surface area contributed by atoms with Crippen molar-refractivity contribution < 1.29 is 27.8 Å². The van der Waals surface area contributed by atoms with Gasteiger partial charge in [-0.15, -0.1) is 0 Å². The summed E-state index contributed by atoms with van der Waals surface area (Å²) >= 11 is 0. The van der Waals surface area contributed by atoms with Crippen molar-refractivity contribution in [2.75, 3.05) is 25.1 Å². The van der Waals surface area contributed by atoms with E-state index in [4.69, 9.17) is 9.47 Å². The third-order valence-corrected chi connectivity index (χ3v) is 6.38. The summed E-state index contributed by atoms with van der Waals surface area (Å²) < 4.78 is 38.3. The van der Waals surface area contributed by atoms with Crippen LogP contribution < -0.4 is 19.2 Å². The van der Waals surface area contributed by atoms with E-state index in [2.05, 4.69) is 10.5 Å².